The molecule has 0 aliphatic rings. The van der Waals surface area contributed by atoms with Gasteiger partial charge in [-0.15, -0.1) is 0 Å². The van der Waals surface area contributed by atoms with E-state index in [1.165, 1.54) is 12.8 Å². The zero-order chi connectivity index (χ0) is 15.7. The molecule has 4 heteroatoms. The Bertz CT molecular complexity index is 394. The molecule has 0 aliphatic carbocycles. The van der Waals surface area contributed by atoms with Crippen molar-refractivity contribution in [2.75, 3.05) is 32.0 Å². The SMILES string of the molecule is CCC(CC)CN(CC)CC(O)COc1ccccc1N. The molecule has 1 atom stereocenters. The molecule has 0 fully saturated rings. The summed E-state index contributed by atoms with van der Waals surface area (Å²) >= 11 is 0. The number of hydrogen-bond donors (Lipinski definition) is 2. The maximum atomic E-state index is 10.2. The highest BCUT2D eigenvalue weighted by atomic mass is 16.5. The van der Waals surface area contributed by atoms with Crippen LogP contribution in [-0.4, -0.2) is 42.4 Å². The number of nitrogens with zero attached hydrogens (tertiary/aromatic N) is 1. The molecule has 4 nitrogen and oxygen atoms in total. The highest BCUT2D eigenvalue weighted by Crippen LogP contribution is 2.19. The van der Waals surface area contributed by atoms with Crippen LogP contribution in [0.4, 0.5) is 5.69 Å². The number of likely N-dealkylation sites (N-methyl/N-ethyl adjacent to an activating group) is 1. The Balaban J connectivity index is 2.40. The number of anilines is 1. The molecule has 0 heterocycles. The molecule has 1 unspecified atom stereocenters. The summed E-state index contributed by atoms with van der Waals surface area (Å²) < 4.78 is 5.60. The van der Waals surface area contributed by atoms with E-state index in [0.717, 1.165) is 13.1 Å². The number of aliphatic hydroxyl groups is 1. The first-order chi connectivity index (χ1) is 10.1. The van der Waals surface area contributed by atoms with Gasteiger partial charge in [0.15, 0.2) is 0 Å². The van der Waals surface area contributed by atoms with E-state index in [0.29, 0.717) is 23.9 Å². The molecular weight excluding hydrogens is 264 g/mol. The fourth-order valence-corrected chi connectivity index (χ4v) is 2.39. The molecule has 1 aromatic carbocycles. The van der Waals surface area contributed by atoms with Crippen molar-refractivity contribution in [3.8, 4) is 5.75 Å². The minimum absolute atomic E-state index is 0.271. The van der Waals surface area contributed by atoms with Gasteiger partial charge in [-0.3, -0.25) is 0 Å². The van der Waals surface area contributed by atoms with Crippen molar-refractivity contribution in [1.29, 1.82) is 0 Å². The molecule has 3 N–H and O–H groups in total. The fourth-order valence-electron chi connectivity index (χ4n) is 2.39. The van der Waals surface area contributed by atoms with Crippen LogP contribution in [0.5, 0.6) is 5.75 Å². The number of nitrogen functional groups attached to an aromatic ring is 1. The van der Waals surface area contributed by atoms with E-state index in [1.807, 2.05) is 18.2 Å². The van der Waals surface area contributed by atoms with E-state index in [1.54, 1.807) is 6.07 Å². The fraction of sp³-hybridized carbons (Fsp3) is 0.647. The van der Waals surface area contributed by atoms with Crippen molar-refractivity contribution in [3.05, 3.63) is 24.3 Å². The van der Waals surface area contributed by atoms with Crippen LogP contribution < -0.4 is 10.5 Å². The van der Waals surface area contributed by atoms with Crippen molar-refractivity contribution in [3.63, 3.8) is 0 Å². The standard InChI is InChI=1S/C17H30N2O2/c1-4-14(5-2)11-19(6-3)12-15(20)13-21-17-10-8-7-9-16(17)18/h7-10,14-15,20H,4-6,11-13,18H2,1-3H3. The van der Waals surface area contributed by atoms with Crippen LogP contribution in [0.2, 0.25) is 0 Å². The molecule has 0 radical (unpaired) electrons. The molecule has 0 aliphatic heterocycles. The van der Waals surface area contributed by atoms with Crippen molar-refractivity contribution in [2.24, 2.45) is 5.92 Å². The summed E-state index contributed by atoms with van der Waals surface area (Å²) in [5.74, 6) is 1.34. The number of nitrogens with two attached hydrogens (primary N) is 1. The highest BCUT2D eigenvalue weighted by molar-refractivity contribution is 5.51. The zero-order valence-corrected chi connectivity index (χ0v) is 13.6. The average molecular weight is 294 g/mol. The Labute approximate surface area is 128 Å². The van der Waals surface area contributed by atoms with Gasteiger partial charge in [-0.2, -0.15) is 0 Å². The molecule has 0 aromatic heterocycles. The van der Waals surface area contributed by atoms with Gasteiger partial charge in [-0.1, -0.05) is 45.7 Å². The molecule has 21 heavy (non-hydrogen) atoms. The maximum Gasteiger partial charge on any atom is 0.142 e. The summed E-state index contributed by atoms with van der Waals surface area (Å²) in [5.41, 5.74) is 6.42. The molecule has 1 rings (SSSR count). The van der Waals surface area contributed by atoms with Crippen LogP contribution in [0, 0.1) is 5.92 Å². The van der Waals surface area contributed by atoms with Crippen LogP contribution >= 0.6 is 0 Å². The van der Waals surface area contributed by atoms with Gasteiger partial charge in [0, 0.05) is 13.1 Å². The first-order valence-corrected chi connectivity index (χ1v) is 7.98. The third-order valence-corrected chi connectivity index (χ3v) is 3.94. The molecule has 0 spiro atoms. The van der Waals surface area contributed by atoms with E-state index < -0.39 is 6.10 Å². The number of rotatable bonds is 10. The monoisotopic (exact) mass is 294 g/mol. The van der Waals surface area contributed by atoms with E-state index in [9.17, 15) is 5.11 Å². The molecule has 0 saturated heterocycles. The van der Waals surface area contributed by atoms with Gasteiger partial charge < -0.3 is 20.5 Å². The number of para-hydroxylation sites is 2. The Hall–Kier alpha value is -1.26. The lowest BCUT2D eigenvalue weighted by molar-refractivity contribution is 0.0642. The lowest BCUT2D eigenvalue weighted by Gasteiger charge is -2.27. The second-order valence-corrected chi connectivity index (χ2v) is 5.54. The van der Waals surface area contributed by atoms with Crippen LogP contribution in [0.15, 0.2) is 24.3 Å². The molecule has 1 aromatic rings. The van der Waals surface area contributed by atoms with Gasteiger partial charge in [0.1, 0.15) is 18.5 Å². The van der Waals surface area contributed by atoms with Gasteiger partial charge in [0.2, 0.25) is 0 Å². The van der Waals surface area contributed by atoms with Gasteiger partial charge in [-0.25, -0.2) is 0 Å². The van der Waals surface area contributed by atoms with Crippen LogP contribution in [0.1, 0.15) is 33.6 Å². The summed E-state index contributed by atoms with van der Waals surface area (Å²) in [5, 5.41) is 10.2. The summed E-state index contributed by atoms with van der Waals surface area (Å²) in [4.78, 5) is 2.29. The minimum Gasteiger partial charge on any atom is -0.489 e. The lowest BCUT2D eigenvalue weighted by Crippen LogP contribution is -2.38. The molecular formula is C17H30N2O2. The average Bonchev–Trinajstić information content (AvgIpc) is 2.50. The van der Waals surface area contributed by atoms with Gasteiger partial charge in [0.25, 0.3) is 0 Å². The second kappa shape index (κ2) is 9.64. The van der Waals surface area contributed by atoms with Crippen LogP contribution in [0.3, 0.4) is 0 Å². The minimum atomic E-state index is -0.501. The molecule has 120 valence electrons. The summed E-state index contributed by atoms with van der Waals surface area (Å²) in [6, 6.07) is 7.37. The van der Waals surface area contributed by atoms with E-state index >= 15 is 0 Å². The third kappa shape index (κ3) is 6.36. The second-order valence-electron chi connectivity index (χ2n) is 5.54. The van der Waals surface area contributed by atoms with Gasteiger partial charge >= 0.3 is 0 Å². The van der Waals surface area contributed by atoms with Crippen LogP contribution in [0.25, 0.3) is 0 Å². The summed E-state index contributed by atoms with van der Waals surface area (Å²) in [7, 11) is 0. The third-order valence-electron chi connectivity index (χ3n) is 3.94. The van der Waals surface area contributed by atoms with E-state index in [4.69, 9.17) is 10.5 Å². The Kier molecular flexibility index (Phi) is 8.16. The van der Waals surface area contributed by atoms with E-state index in [2.05, 4.69) is 25.7 Å². The lowest BCUT2D eigenvalue weighted by atomic mass is 10.0. The van der Waals surface area contributed by atoms with Gasteiger partial charge in [0.05, 0.1) is 5.69 Å². The number of hydrogen-bond acceptors (Lipinski definition) is 4. The highest BCUT2D eigenvalue weighted by Gasteiger charge is 2.15. The van der Waals surface area contributed by atoms with Crippen molar-refractivity contribution in [1.82, 2.24) is 4.90 Å². The summed E-state index contributed by atoms with van der Waals surface area (Å²) in [6.07, 6.45) is 1.86. The summed E-state index contributed by atoms with van der Waals surface area (Å²) in [6.45, 7) is 9.47. The van der Waals surface area contributed by atoms with Crippen molar-refractivity contribution < 1.29 is 9.84 Å². The predicted molar refractivity (Wildman–Crippen MR) is 88.5 cm³/mol. The molecule has 0 bridgehead atoms. The maximum absolute atomic E-state index is 10.2. The Morgan fingerprint density at radius 2 is 1.81 bits per heavy atom. The zero-order valence-electron chi connectivity index (χ0n) is 13.6. The smallest absolute Gasteiger partial charge is 0.142 e. The topological polar surface area (TPSA) is 58.7 Å². The normalized spacial score (nSPS) is 12.9. The number of aliphatic hydroxyl groups excluding tert-OH is 1. The number of benzene rings is 1. The quantitative estimate of drug-likeness (QED) is 0.652. The van der Waals surface area contributed by atoms with Crippen molar-refractivity contribution >= 4 is 5.69 Å². The first kappa shape index (κ1) is 17.8. The molecule has 0 saturated carbocycles. The first-order valence-electron chi connectivity index (χ1n) is 7.98. The number of ether oxygens (including phenoxy) is 1. The van der Waals surface area contributed by atoms with Crippen molar-refractivity contribution in [2.45, 2.75) is 39.7 Å². The largest absolute Gasteiger partial charge is 0.489 e. The van der Waals surface area contributed by atoms with Gasteiger partial charge in [-0.05, 0) is 24.6 Å². The Morgan fingerprint density at radius 1 is 1.14 bits per heavy atom. The van der Waals surface area contributed by atoms with E-state index in [-0.39, 0.29) is 6.61 Å². The van der Waals surface area contributed by atoms with Crippen LogP contribution in [-0.2, 0) is 0 Å². The molecule has 0 amide bonds. The predicted octanol–water partition coefficient (Wildman–Crippen LogP) is 2.77. The Morgan fingerprint density at radius 3 is 2.38 bits per heavy atom.